The van der Waals surface area contributed by atoms with E-state index in [0.29, 0.717) is 0 Å². The Kier molecular flexibility index (Phi) is 4.86. The third-order valence-corrected chi connectivity index (χ3v) is 10.1. The van der Waals surface area contributed by atoms with Crippen molar-refractivity contribution in [2.24, 2.45) is 0 Å². The molecular weight excluding hydrogens is 314 g/mol. The molecule has 1 aliphatic carbocycles. The zero-order valence-electron chi connectivity index (χ0n) is 12.8. The van der Waals surface area contributed by atoms with E-state index >= 15 is 0 Å². The molecule has 1 aromatic rings. The summed E-state index contributed by atoms with van der Waals surface area (Å²) in [6, 6.07) is 8.36. The molecule has 0 spiro atoms. The first kappa shape index (κ1) is 16.0. The number of benzene rings is 1. The molecule has 22 heavy (non-hydrogen) atoms. The fraction of sp³-hybridized carbons (Fsp3) is 0.111. The second-order valence-corrected chi connectivity index (χ2v) is 12.8. The Bertz CT molecular complexity index is 899. The molecule has 0 saturated carbocycles. The van der Waals surface area contributed by atoms with Gasteiger partial charge in [-0.15, -0.1) is 0 Å². The predicted molar refractivity (Wildman–Crippen MR) is 95.8 cm³/mol. The molecule has 3 rings (SSSR count). The molecular formula is C18H12KN2P. The van der Waals surface area contributed by atoms with Crippen LogP contribution in [-0.2, 0) is 0 Å². The Labute approximate surface area is 157 Å². The number of hydrogen-bond donors (Lipinski definition) is 0. The van der Waals surface area contributed by atoms with Gasteiger partial charge < -0.3 is 0 Å². The van der Waals surface area contributed by atoms with Gasteiger partial charge in [0.1, 0.15) is 0 Å². The van der Waals surface area contributed by atoms with Crippen molar-refractivity contribution in [2.45, 2.75) is 13.8 Å². The van der Waals surface area contributed by atoms with Gasteiger partial charge in [0.25, 0.3) is 0 Å². The first-order valence-electron chi connectivity index (χ1n) is 7.38. The summed E-state index contributed by atoms with van der Waals surface area (Å²) in [5, 5.41) is 10.6. The van der Waals surface area contributed by atoms with Crippen molar-refractivity contribution in [1.82, 2.24) is 0 Å². The molecule has 100 valence electrons. The Hall–Kier alpha value is -0.904. The zero-order chi connectivity index (χ0) is 15.7. The molecule has 0 aromatic heterocycles. The number of rotatable bonds is 0. The second kappa shape index (κ2) is 6.69. The van der Waals surface area contributed by atoms with Gasteiger partial charge in [-0.05, 0) is 0 Å². The first-order valence-corrected chi connectivity index (χ1v) is 11.6. The first-order chi connectivity index (χ1) is 10.6. The Morgan fingerprint density at radius 1 is 1.32 bits per heavy atom. The van der Waals surface area contributed by atoms with Gasteiger partial charge in [0.05, 0.1) is 0 Å². The fourth-order valence-corrected chi connectivity index (χ4v) is 8.65. The van der Waals surface area contributed by atoms with E-state index in [1.165, 1.54) is 13.8 Å². The average molecular weight is 326 g/mol. The number of aryl methyl sites for hydroxylation is 1. The molecule has 4 heteroatoms. The van der Waals surface area contributed by atoms with Gasteiger partial charge in [0.2, 0.25) is 0 Å². The quantitative estimate of drug-likeness (QED) is 0.306. The molecule has 4 radical (unpaired) electrons. The summed E-state index contributed by atoms with van der Waals surface area (Å²) < 4.78 is 3.96. The Morgan fingerprint density at radius 3 is 2.86 bits per heavy atom. The van der Waals surface area contributed by atoms with E-state index in [1.54, 1.807) is -0.612 Å². The van der Waals surface area contributed by atoms with Crippen molar-refractivity contribution >= 4 is 65.3 Å². The molecule has 0 N–H and O–H groups in total. The molecule has 0 bridgehead atoms. The van der Waals surface area contributed by atoms with Gasteiger partial charge in [-0.3, -0.25) is 0 Å². The van der Waals surface area contributed by atoms with Gasteiger partial charge >= 0.3 is 159 Å². The maximum atomic E-state index is 9.45. The van der Waals surface area contributed by atoms with Crippen LogP contribution < -0.4 is 0 Å². The van der Waals surface area contributed by atoms with E-state index in [0.717, 1.165) is 27.6 Å². The third-order valence-electron chi connectivity index (χ3n) is 4.09. The molecule has 2 nitrogen and oxygen atoms in total. The van der Waals surface area contributed by atoms with Crippen molar-refractivity contribution in [3.63, 3.8) is 0 Å². The summed E-state index contributed by atoms with van der Waals surface area (Å²) in [7, 11) is 1.21. The van der Waals surface area contributed by atoms with Crippen molar-refractivity contribution in [3.05, 3.63) is 69.0 Å². The van der Waals surface area contributed by atoms with Crippen molar-refractivity contribution in [3.8, 4) is 6.07 Å². The normalized spacial score (nSPS) is 18.5. The molecule has 0 fully saturated rings. The van der Waals surface area contributed by atoms with Crippen LogP contribution >= 0.6 is 8.20 Å². The topological polar surface area (TPSA) is 28.1 Å². The summed E-state index contributed by atoms with van der Waals surface area (Å²) in [6.07, 6.45) is 4.28. The molecule has 1 aliphatic heterocycles. The summed E-state index contributed by atoms with van der Waals surface area (Å²) in [5.74, 6) is 0. The van der Waals surface area contributed by atoms with Crippen molar-refractivity contribution < 1.29 is 0 Å². The Balaban J connectivity index is 2.43. The molecule has 0 saturated heterocycles. The summed E-state index contributed by atoms with van der Waals surface area (Å²) in [6.45, 7) is 11.7. The van der Waals surface area contributed by atoms with E-state index in [-0.39, 0.29) is 5.70 Å². The van der Waals surface area contributed by atoms with Crippen LogP contribution in [0.5, 0.6) is 0 Å². The van der Waals surface area contributed by atoms with Gasteiger partial charge in [0, 0.05) is 0 Å². The SMILES string of the molecule is [C-]#[N+]/C(C#N)=C1\C2=C(C=Cc3ccc(C)cc31)[CH]=[K][C](C)=P2. The van der Waals surface area contributed by atoms with Crippen LogP contribution in [0.3, 0.4) is 0 Å². The molecule has 0 amide bonds. The van der Waals surface area contributed by atoms with E-state index in [1.807, 2.05) is 6.92 Å². The van der Waals surface area contributed by atoms with Crippen LogP contribution in [0.4, 0.5) is 0 Å². The molecule has 1 heterocycles. The molecule has 2 aliphatic rings. The molecule has 0 atom stereocenters. The number of allylic oxidation sites excluding steroid dienone is 5. The minimum atomic E-state index is -1.04. The predicted octanol–water partition coefficient (Wildman–Crippen LogP) is 4.05. The number of nitriles is 1. The van der Waals surface area contributed by atoms with Crippen molar-refractivity contribution in [2.75, 3.05) is 0 Å². The average Bonchev–Trinajstić information content (AvgIpc) is 2.66. The van der Waals surface area contributed by atoms with Crippen LogP contribution in [0.25, 0.3) is 16.5 Å². The van der Waals surface area contributed by atoms with Crippen LogP contribution in [0.1, 0.15) is 23.6 Å². The maximum absolute atomic E-state index is 9.45. The minimum absolute atomic E-state index is 0.204. The van der Waals surface area contributed by atoms with Crippen molar-refractivity contribution in [1.29, 1.82) is 5.26 Å². The van der Waals surface area contributed by atoms with Gasteiger partial charge in [-0.1, -0.05) is 0 Å². The van der Waals surface area contributed by atoms with Gasteiger partial charge in [-0.25, -0.2) is 0 Å². The zero-order valence-corrected chi connectivity index (χ0v) is 16.8. The Morgan fingerprint density at radius 2 is 2.14 bits per heavy atom. The van der Waals surface area contributed by atoms with E-state index < -0.39 is 46.0 Å². The van der Waals surface area contributed by atoms with E-state index in [2.05, 4.69) is 48.3 Å². The third kappa shape index (κ3) is 2.94. The van der Waals surface area contributed by atoms with Crippen LogP contribution in [0.2, 0.25) is 0 Å². The molecule has 1 aromatic carbocycles. The van der Waals surface area contributed by atoms with Gasteiger partial charge in [0.15, 0.2) is 0 Å². The summed E-state index contributed by atoms with van der Waals surface area (Å²) in [5.41, 5.74) is 5.51. The summed E-state index contributed by atoms with van der Waals surface area (Å²) >= 11 is -1.04. The van der Waals surface area contributed by atoms with Crippen LogP contribution in [-0.4, -0.2) is 45.4 Å². The second-order valence-electron chi connectivity index (χ2n) is 5.81. The molecule has 0 unspecified atom stereocenters. The van der Waals surface area contributed by atoms with E-state index in [9.17, 15) is 5.26 Å². The summed E-state index contributed by atoms with van der Waals surface area (Å²) in [4.78, 5) is 3.51. The standard InChI is InChI=1S/C18H12N2P.K/c1-5-21-18-13(3)7-9-14-8-6-12(2)10-15(14)17(18)16(11-19)20-4;/h3,6-10H,1-2H3;/b17-16-;. The number of nitrogens with zero attached hydrogens (tertiary/aromatic N) is 2. The monoisotopic (exact) mass is 326 g/mol. The van der Waals surface area contributed by atoms with E-state index in [4.69, 9.17) is 6.57 Å². The number of hydrogen-bond acceptors (Lipinski definition) is 1. The van der Waals surface area contributed by atoms with Crippen LogP contribution in [0, 0.1) is 24.8 Å². The fourth-order valence-electron chi connectivity index (χ4n) is 2.94. The number of fused-ring (bicyclic) bond motifs is 1. The van der Waals surface area contributed by atoms with Crippen LogP contribution in [0.15, 0.2) is 40.9 Å². The van der Waals surface area contributed by atoms with Gasteiger partial charge in [-0.2, -0.15) is 0 Å².